The molecule has 158 valence electrons. The molecule has 0 saturated heterocycles. The average molecular weight is 421 g/mol. The van der Waals surface area contributed by atoms with Crippen LogP contribution in [0.4, 0.5) is 10.5 Å². The molecule has 28 heavy (non-hydrogen) atoms. The Balaban J connectivity index is 3.03. The summed E-state index contributed by atoms with van der Waals surface area (Å²) in [6, 6.07) is 2.54. The molecular weight excluding hydrogens is 397 g/mol. The largest absolute Gasteiger partial charge is 0.508 e. The molecule has 0 spiro atoms. The second-order valence-corrected chi connectivity index (χ2v) is 7.92. The van der Waals surface area contributed by atoms with Gasteiger partial charge in [0.15, 0.2) is 11.5 Å². The maximum atomic E-state index is 12.0. The molecule has 1 aromatic carbocycles. The standard InChI is InChI=1S/C16H24NO10P/c1-10(2)15(27-16(18)26-6-5-7-28(21,22)23)11-8-13(24-3)14(25-4)9-12(11)17(19)20/h8-10,15H,5-7H2,1-4H3,(H2,21,22,23). The molecule has 0 bridgehead atoms. The van der Waals surface area contributed by atoms with Crippen molar-refractivity contribution in [3.8, 4) is 11.5 Å². The van der Waals surface area contributed by atoms with E-state index >= 15 is 0 Å². The number of carbonyl (C=O) groups is 1. The first-order valence-corrected chi connectivity index (χ1v) is 10.1. The van der Waals surface area contributed by atoms with Crippen LogP contribution in [0.1, 0.15) is 31.9 Å². The summed E-state index contributed by atoms with van der Waals surface area (Å²) in [6.45, 7) is 3.14. The zero-order chi connectivity index (χ0) is 21.5. The van der Waals surface area contributed by atoms with Gasteiger partial charge in [0.2, 0.25) is 0 Å². The Hall–Kier alpha value is -2.36. The molecular formula is C16H24NO10P. The highest BCUT2D eigenvalue weighted by Crippen LogP contribution is 2.41. The summed E-state index contributed by atoms with van der Waals surface area (Å²) in [5.74, 6) is 0.0345. The summed E-state index contributed by atoms with van der Waals surface area (Å²) in [5, 5.41) is 11.5. The normalized spacial score (nSPS) is 12.4. The van der Waals surface area contributed by atoms with Crippen LogP contribution in [0.15, 0.2) is 12.1 Å². The number of nitro benzene ring substituents is 1. The first-order valence-electron chi connectivity index (χ1n) is 8.28. The Morgan fingerprint density at radius 3 is 2.25 bits per heavy atom. The van der Waals surface area contributed by atoms with Crippen LogP contribution in [0.25, 0.3) is 0 Å². The number of nitro groups is 1. The van der Waals surface area contributed by atoms with Crippen LogP contribution < -0.4 is 9.47 Å². The van der Waals surface area contributed by atoms with E-state index in [4.69, 9.17) is 28.7 Å². The number of hydrogen-bond acceptors (Lipinski definition) is 8. The van der Waals surface area contributed by atoms with Crippen molar-refractivity contribution in [2.45, 2.75) is 26.4 Å². The van der Waals surface area contributed by atoms with Gasteiger partial charge in [-0.15, -0.1) is 0 Å². The number of rotatable bonds is 10. The van der Waals surface area contributed by atoms with Gasteiger partial charge in [-0.05, 0) is 18.4 Å². The van der Waals surface area contributed by atoms with Gasteiger partial charge in [0.1, 0.15) is 6.10 Å². The lowest BCUT2D eigenvalue weighted by molar-refractivity contribution is -0.386. The van der Waals surface area contributed by atoms with Crippen molar-refractivity contribution in [1.82, 2.24) is 0 Å². The van der Waals surface area contributed by atoms with E-state index in [1.54, 1.807) is 13.8 Å². The van der Waals surface area contributed by atoms with Crippen LogP contribution in [-0.2, 0) is 14.0 Å². The monoisotopic (exact) mass is 421 g/mol. The number of benzene rings is 1. The van der Waals surface area contributed by atoms with Gasteiger partial charge in [-0.3, -0.25) is 14.7 Å². The maximum absolute atomic E-state index is 12.0. The highest BCUT2D eigenvalue weighted by atomic mass is 31.2. The first-order chi connectivity index (χ1) is 13.0. The van der Waals surface area contributed by atoms with E-state index < -0.39 is 30.9 Å². The fourth-order valence-electron chi connectivity index (χ4n) is 2.39. The van der Waals surface area contributed by atoms with Crippen LogP contribution in [0, 0.1) is 16.0 Å². The van der Waals surface area contributed by atoms with Crippen LogP contribution in [0.3, 0.4) is 0 Å². The fourth-order valence-corrected chi connectivity index (χ4v) is 2.93. The first kappa shape index (κ1) is 23.7. The van der Waals surface area contributed by atoms with Crippen molar-refractivity contribution < 1.29 is 43.0 Å². The van der Waals surface area contributed by atoms with Crippen LogP contribution in [0.2, 0.25) is 0 Å². The van der Waals surface area contributed by atoms with E-state index in [1.807, 2.05) is 0 Å². The quantitative estimate of drug-likeness (QED) is 0.189. The lowest BCUT2D eigenvalue weighted by Gasteiger charge is -2.22. The SMILES string of the molecule is COc1cc(C(OC(=O)OCCCP(=O)(O)O)C(C)C)c([N+](=O)[O-])cc1OC. The maximum Gasteiger partial charge on any atom is 0.508 e. The molecule has 1 rings (SSSR count). The van der Waals surface area contributed by atoms with Crippen molar-refractivity contribution in [3.63, 3.8) is 0 Å². The number of carbonyl (C=O) groups excluding carboxylic acids is 1. The Morgan fingerprint density at radius 2 is 1.79 bits per heavy atom. The molecule has 0 fully saturated rings. The molecule has 0 aliphatic heterocycles. The summed E-state index contributed by atoms with van der Waals surface area (Å²) in [5.41, 5.74) is -0.213. The average Bonchev–Trinajstić information content (AvgIpc) is 2.61. The Labute approximate surface area is 161 Å². The second kappa shape index (κ2) is 10.3. The predicted molar refractivity (Wildman–Crippen MR) is 97.7 cm³/mol. The fraction of sp³-hybridized carbons (Fsp3) is 0.562. The third-order valence-corrected chi connectivity index (χ3v) is 4.58. The molecule has 0 saturated carbocycles. The molecule has 0 aromatic heterocycles. The predicted octanol–water partition coefficient (Wildman–Crippen LogP) is 3.03. The molecule has 0 radical (unpaired) electrons. The van der Waals surface area contributed by atoms with Gasteiger partial charge < -0.3 is 28.7 Å². The molecule has 12 heteroatoms. The zero-order valence-corrected chi connectivity index (χ0v) is 16.9. The minimum atomic E-state index is -4.18. The van der Waals surface area contributed by atoms with E-state index in [0.717, 1.165) is 0 Å². The molecule has 1 unspecified atom stereocenters. The molecule has 11 nitrogen and oxygen atoms in total. The number of nitrogens with zero attached hydrogens (tertiary/aromatic N) is 1. The van der Waals surface area contributed by atoms with Gasteiger partial charge in [-0.1, -0.05) is 13.8 Å². The topological polar surface area (TPSA) is 155 Å². The Bertz CT molecular complexity index is 745. The minimum Gasteiger partial charge on any atom is -0.493 e. The van der Waals surface area contributed by atoms with Gasteiger partial charge in [0.25, 0.3) is 5.69 Å². The smallest absolute Gasteiger partial charge is 0.493 e. The highest BCUT2D eigenvalue weighted by molar-refractivity contribution is 7.51. The summed E-state index contributed by atoms with van der Waals surface area (Å²) >= 11 is 0. The van der Waals surface area contributed by atoms with Crippen LogP contribution in [-0.4, -0.2) is 47.9 Å². The van der Waals surface area contributed by atoms with Gasteiger partial charge in [-0.2, -0.15) is 0 Å². The van der Waals surface area contributed by atoms with Crippen molar-refractivity contribution in [3.05, 3.63) is 27.8 Å². The van der Waals surface area contributed by atoms with Gasteiger partial charge in [-0.25, -0.2) is 4.79 Å². The lowest BCUT2D eigenvalue weighted by atomic mass is 9.96. The highest BCUT2D eigenvalue weighted by Gasteiger charge is 2.31. The molecule has 0 amide bonds. The van der Waals surface area contributed by atoms with Crippen molar-refractivity contribution in [2.75, 3.05) is 27.0 Å². The third-order valence-electron chi connectivity index (χ3n) is 3.68. The van der Waals surface area contributed by atoms with Crippen LogP contribution >= 0.6 is 7.60 Å². The van der Waals surface area contributed by atoms with Crippen molar-refractivity contribution in [2.24, 2.45) is 5.92 Å². The molecule has 2 N–H and O–H groups in total. The van der Waals surface area contributed by atoms with Crippen molar-refractivity contribution in [1.29, 1.82) is 0 Å². The summed E-state index contributed by atoms with van der Waals surface area (Å²) < 4.78 is 31.1. The summed E-state index contributed by atoms with van der Waals surface area (Å²) in [4.78, 5) is 40.4. The van der Waals surface area contributed by atoms with E-state index in [9.17, 15) is 19.5 Å². The van der Waals surface area contributed by atoms with E-state index in [-0.39, 0.29) is 41.7 Å². The van der Waals surface area contributed by atoms with Crippen LogP contribution in [0.5, 0.6) is 11.5 Å². The van der Waals surface area contributed by atoms with E-state index in [2.05, 4.69) is 0 Å². The Morgan fingerprint density at radius 1 is 1.21 bits per heavy atom. The number of hydrogen-bond donors (Lipinski definition) is 2. The lowest BCUT2D eigenvalue weighted by Crippen LogP contribution is -2.19. The summed E-state index contributed by atoms with van der Waals surface area (Å²) in [6.07, 6.45) is -2.61. The minimum absolute atomic E-state index is 0.0533. The molecule has 0 aliphatic carbocycles. The number of ether oxygens (including phenoxy) is 4. The summed E-state index contributed by atoms with van der Waals surface area (Å²) in [7, 11) is -1.48. The second-order valence-electron chi connectivity index (χ2n) is 6.15. The zero-order valence-electron chi connectivity index (χ0n) is 16.0. The Kier molecular flexibility index (Phi) is 8.67. The molecule has 1 atom stereocenters. The van der Waals surface area contributed by atoms with Gasteiger partial charge in [0, 0.05) is 0 Å². The number of methoxy groups -OCH3 is 2. The molecule has 0 aliphatic rings. The van der Waals surface area contributed by atoms with E-state index in [0.29, 0.717) is 0 Å². The van der Waals surface area contributed by atoms with Crippen molar-refractivity contribution >= 4 is 19.4 Å². The molecule has 0 heterocycles. The van der Waals surface area contributed by atoms with E-state index in [1.165, 1.54) is 26.4 Å². The van der Waals surface area contributed by atoms with Gasteiger partial charge >= 0.3 is 13.8 Å². The third kappa shape index (κ3) is 6.99. The van der Waals surface area contributed by atoms with Gasteiger partial charge in [0.05, 0.1) is 43.5 Å². The molecule has 1 aromatic rings.